The van der Waals surface area contributed by atoms with Crippen molar-refractivity contribution in [2.24, 2.45) is 5.92 Å². The molecule has 0 amide bonds. The number of likely N-dealkylation sites (N-methyl/N-ethyl adjacent to an activating group) is 1. The first-order valence-corrected chi connectivity index (χ1v) is 6.97. The summed E-state index contributed by atoms with van der Waals surface area (Å²) in [5.41, 5.74) is 1.18. The summed E-state index contributed by atoms with van der Waals surface area (Å²) in [6.07, 6.45) is 4.12. The summed E-state index contributed by atoms with van der Waals surface area (Å²) >= 11 is 0. The second kappa shape index (κ2) is 9.06. The Bertz CT molecular complexity index is 298. The van der Waals surface area contributed by atoms with Gasteiger partial charge in [-0.05, 0) is 51.2 Å². The molecule has 1 rings (SSSR count). The molecule has 0 spiro atoms. The van der Waals surface area contributed by atoms with Crippen LogP contribution in [0.4, 0.5) is 0 Å². The van der Waals surface area contributed by atoms with Gasteiger partial charge in [0.15, 0.2) is 0 Å². The average molecular weight is 249 g/mol. The highest BCUT2D eigenvalue weighted by Gasteiger charge is 2.00. The zero-order valence-electron chi connectivity index (χ0n) is 12.0. The molecule has 0 bridgehead atoms. The third kappa shape index (κ3) is 7.41. The van der Waals surface area contributed by atoms with Crippen molar-refractivity contribution in [1.29, 1.82) is 0 Å². The third-order valence-corrected chi connectivity index (χ3v) is 2.92. The number of nitrogens with zero attached hydrogens (tertiary/aromatic N) is 2. The summed E-state index contributed by atoms with van der Waals surface area (Å²) in [6.45, 7) is 8.96. The van der Waals surface area contributed by atoms with E-state index in [4.69, 9.17) is 0 Å². The molecule has 0 atom stereocenters. The first-order valence-electron chi connectivity index (χ1n) is 6.97. The van der Waals surface area contributed by atoms with Gasteiger partial charge in [-0.3, -0.25) is 4.98 Å². The molecular formula is C15H27N3. The van der Waals surface area contributed by atoms with Gasteiger partial charge < -0.3 is 10.2 Å². The molecular weight excluding hydrogens is 222 g/mol. The van der Waals surface area contributed by atoms with Crippen molar-refractivity contribution < 1.29 is 0 Å². The molecule has 102 valence electrons. The lowest BCUT2D eigenvalue weighted by Gasteiger charge is -2.16. The lowest BCUT2D eigenvalue weighted by Crippen LogP contribution is -2.27. The fourth-order valence-corrected chi connectivity index (χ4v) is 1.83. The van der Waals surface area contributed by atoms with E-state index < -0.39 is 0 Å². The molecule has 1 heterocycles. The number of nitrogens with one attached hydrogen (secondary N) is 1. The molecule has 1 N–H and O–H groups in total. The SMILES string of the molecule is CC(C)CNCCCN(C)CCc1ccccn1. The Kier molecular flexibility index (Phi) is 7.62. The molecule has 0 radical (unpaired) electrons. The zero-order valence-corrected chi connectivity index (χ0v) is 12.0. The van der Waals surface area contributed by atoms with Crippen LogP contribution >= 0.6 is 0 Å². The topological polar surface area (TPSA) is 28.2 Å². The number of pyridine rings is 1. The van der Waals surface area contributed by atoms with Crippen molar-refractivity contribution in [1.82, 2.24) is 15.2 Å². The molecule has 0 aromatic carbocycles. The summed E-state index contributed by atoms with van der Waals surface area (Å²) in [7, 11) is 2.19. The van der Waals surface area contributed by atoms with Gasteiger partial charge in [0.25, 0.3) is 0 Å². The lowest BCUT2D eigenvalue weighted by atomic mass is 10.2. The standard InChI is InChI=1S/C15H27N3/c1-14(2)13-16-9-6-11-18(3)12-8-15-7-4-5-10-17-15/h4-5,7,10,14,16H,6,8-9,11-13H2,1-3H3. The maximum absolute atomic E-state index is 4.34. The molecule has 0 aliphatic heterocycles. The van der Waals surface area contributed by atoms with Crippen molar-refractivity contribution in [3.8, 4) is 0 Å². The van der Waals surface area contributed by atoms with Gasteiger partial charge in [0, 0.05) is 24.9 Å². The predicted molar refractivity (Wildman–Crippen MR) is 77.8 cm³/mol. The first-order chi connectivity index (χ1) is 8.68. The zero-order chi connectivity index (χ0) is 13.2. The normalized spacial score (nSPS) is 11.4. The van der Waals surface area contributed by atoms with E-state index in [9.17, 15) is 0 Å². The van der Waals surface area contributed by atoms with Crippen LogP contribution in [-0.4, -0.2) is 43.1 Å². The molecule has 0 saturated carbocycles. The van der Waals surface area contributed by atoms with Gasteiger partial charge in [0.1, 0.15) is 0 Å². The Morgan fingerprint density at radius 1 is 1.28 bits per heavy atom. The van der Waals surface area contributed by atoms with E-state index >= 15 is 0 Å². The summed E-state index contributed by atoms with van der Waals surface area (Å²) in [4.78, 5) is 6.72. The third-order valence-electron chi connectivity index (χ3n) is 2.92. The van der Waals surface area contributed by atoms with E-state index in [1.807, 2.05) is 12.3 Å². The van der Waals surface area contributed by atoms with Crippen LogP contribution in [0.2, 0.25) is 0 Å². The molecule has 3 heteroatoms. The minimum absolute atomic E-state index is 0.742. The van der Waals surface area contributed by atoms with E-state index in [1.54, 1.807) is 0 Å². The van der Waals surface area contributed by atoms with Crippen LogP contribution in [-0.2, 0) is 6.42 Å². The highest BCUT2D eigenvalue weighted by molar-refractivity contribution is 5.03. The van der Waals surface area contributed by atoms with Crippen molar-refractivity contribution >= 4 is 0 Å². The minimum Gasteiger partial charge on any atom is -0.316 e. The Balaban J connectivity index is 2.02. The van der Waals surface area contributed by atoms with Crippen LogP contribution in [0.1, 0.15) is 26.0 Å². The monoisotopic (exact) mass is 249 g/mol. The second-order valence-corrected chi connectivity index (χ2v) is 5.33. The van der Waals surface area contributed by atoms with Crippen molar-refractivity contribution in [2.75, 3.05) is 33.2 Å². The second-order valence-electron chi connectivity index (χ2n) is 5.33. The van der Waals surface area contributed by atoms with E-state index in [2.05, 4.69) is 48.2 Å². The Morgan fingerprint density at radius 2 is 2.11 bits per heavy atom. The van der Waals surface area contributed by atoms with Gasteiger partial charge in [0.2, 0.25) is 0 Å². The van der Waals surface area contributed by atoms with Gasteiger partial charge in [-0.1, -0.05) is 19.9 Å². The summed E-state index contributed by atoms with van der Waals surface area (Å²) in [5, 5.41) is 3.47. The van der Waals surface area contributed by atoms with E-state index in [1.165, 1.54) is 12.1 Å². The fraction of sp³-hybridized carbons (Fsp3) is 0.667. The van der Waals surface area contributed by atoms with Crippen molar-refractivity contribution in [3.63, 3.8) is 0 Å². The molecule has 0 saturated heterocycles. The molecule has 0 aliphatic carbocycles. The largest absolute Gasteiger partial charge is 0.316 e. The number of hydrogen-bond donors (Lipinski definition) is 1. The van der Waals surface area contributed by atoms with E-state index in [0.29, 0.717) is 0 Å². The summed E-state index contributed by atoms with van der Waals surface area (Å²) in [6, 6.07) is 6.11. The van der Waals surface area contributed by atoms with E-state index in [0.717, 1.165) is 38.5 Å². The maximum Gasteiger partial charge on any atom is 0.0416 e. The van der Waals surface area contributed by atoms with Crippen LogP contribution in [0.3, 0.4) is 0 Å². The molecule has 1 aromatic rings. The average Bonchev–Trinajstić information content (AvgIpc) is 2.37. The molecule has 0 unspecified atom stereocenters. The Morgan fingerprint density at radius 3 is 2.78 bits per heavy atom. The van der Waals surface area contributed by atoms with Crippen LogP contribution < -0.4 is 5.32 Å². The minimum atomic E-state index is 0.742. The Labute approximate surface area is 112 Å². The number of rotatable bonds is 9. The summed E-state index contributed by atoms with van der Waals surface area (Å²) in [5.74, 6) is 0.742. The quantitative estimate of drug-likeness (QED) is 0.680. The van der Waals surface area contributed by atoms with Gasteiger partial charge in [-0.2, -0.15) is 0 Å². The first kappa shape index (κ1) is 15.1. The molecule has 1 aromatic heterocycles. The molecule has 18 heavy (non-hydrogen) atoms. The van der Waals surface area contributed by atoms with Crippen LogP contribution in [0.15, 0.2) is 24.4 Å². The van der Waals surface area contributed by atoms with Gasteiger partial charge in [-0.15, -0.1) is 0 Å². The summed E-state index contributed by atoms with van der Waals surface area (Å²) < 4.78 is 0. The predicted octanol–water partition coefficient (Wildman–Crippen LogP) is 2.19. The van der Waals surface area contributed by atoms with Crippen LogP contribution in [0.25, 0.3) is 0 Å². The smallest absolute Gasteiger partial charge is 0.0416 e. The van der Waals surface area contributed by atoms with Crippen LogP contribution in [0, 0.1) is 5.92 Å². The Hall–Kier alpha value is -0.930. The van der Waals surface area contributed by atoms with Crippen molar-refractivity contribution in [2.45, 2.75) is 26.7 Å². The molecule has 0 fully saturated rings. The van der Waals surface area contributed by atoms with Gasteiger partial charge >= 0.3 is 0 Å². The number of hydrogen-bond acceptors (Lipinski definition) is 3. The van der Waals surface area contributed by atoms with E-state index in [-0.39, 0.29) is 0 Å². The van der Waals surface area contributed by atoms with Gasteiger partial charge in [-0.25, -0.2) is 0 Å². The van der Waals surface area contributed by atoms with Gasteiger partial charge in [0.05, 0.1) is 0 Å². The number of aromatic nitrogens is 1. The molecule has 0 aliphatic rings. The fourth-order valence-electron chi connectivity index (χ4n) is 1.83. The molecule has 3 nitrogen and oxygen atoms in total. The maximum atomic E-state index is 4.34. The highest BCUT2D eigenvalue weighted by Crippen LogP contribution is 1.97. The van der Waals surface area contributed by atoms with Crippen LogP contribution in [0.5, 0.6) is 0 Å². The highest BCUT2D eigenvalue weighted by atomic mass is 15.1. The lowest BCUT2D eigenvalue weighted by molar-refractivity contribution is 0.328. The van der Waals surface area contributed by atoms with Crippen molar-refractivity contribution in [3.05, 3.63) is 30.1 Å².